The van der Waals surface area contributed by atoms with E-state index in [0.29, 0.717) is 23.7 Å². The van der Waals surface area contributed by atoms with Crippen LogP contribution >= 0.6 is 22.7 Å². The number of aromatic nitrogens is 1. The van der Waals surface area contributed by atoms with Crippen LogP contribution in [0.25, 0.3) is 41.7 Å². The molecule has 2 amide bonds. The number of urea groups is 1. The van der Waals surface area contributed by atoms with E-state index in [4.69, 9.17) is 17.2 Å². The number of hydrogen-bond acceptors (Lipinski definition) is 6. The molecule has 0 spiro atoms. The number of benzene rings is 3. The Morgan fingerprint density at radius 3 is 2.49 bits per heavy atom. The maximum Gasteiger partial charge on any atom is 0.323 e. The van der Waals surface area contributed by atoms with Crippen molar-refractivity contribution in [3.8, 4) is 21.6 Å². The van der Waals surface area contributed by atoms with Crippen molar-refractivity contribution in [2.45, 2.75) is 6.54 Å². The molecule has 0 radical (unpaired) electrons. The van der Waals surface area contributed by atoms with E-state index >= 15 is 0 Å². The van der Waals surface area contributed by atoms with Gasteiger partial charge in [-0.1, -0.05) is 42.5 Å². The van der Waals surface area contributed by atoms with E-state index in [1.165, 1.54) is 19.9 Å². The van der Waals surface area contributed by atoms with E-state index < -0.39 is 6.03 Å². The Balaban J connectivity index is 1.41. The number of nitrogens with zero attached hydrogens (tertiary/aromatic N) is 2. The molecule has 182 valence electrons. The quantitative estimate of drug-likeness (QED) is 0.225. The first-order chi connectivity index (χ1) is 18.0. The SMILES string of the molecule is NCc1cccc(N(C(N)=O)c2ccc(-c3csc4c(-c5cc6ccccc6s5)cnc(N)c34)cc2)c1. The maximum absolute atomic E-state index is 12.4. The molecular formula is C29H23N5OS2. The second-order valence-corrected chi connectivity index (χ2v) is 10.6. The van der Waals surface area contributed by atoms with Gasteiger partial charge in [0.2, 0.25) is 0 Å². The summed E-state index contributed by atoms with van der Waals surface area (Å²) in [5, 5.41) is 4.27. The molecule has 6 rings (SSSR count). The number of fused-ring (bicyclic) bond motifs is 2. The molecule has 0 atom stereocenters. The monoisotopic (exact) mass is 521 g/mol. The Hall–Kier alpha value is -4.24. The average molecular weight is 522 g/mol. The van der Waals surface area contributed by atoms with Crippen LogP contribution in [0.1, 0.15) is 5.56 Å². The summed E-state index contributed by atoms with van der Waals surface area (Å²) in [6, 6.07) is 25.2. The van der Waals surface area contributed by atoms with Crippen LogP contribution in [0.15, 0.2) is 90.4 Å². The van der Waals surface area contributed by atoms with Gasteiger partial charge in [0.25, 0.3) is 0 Å². The summed E-state index contributed by atoms with van der Waals surface area (Å²) in [5.41, 5.74) is 23.3. The molecule has 3 aromatic heterocycles. The first-order valence-corrected chi connectivity index (χ1v) is 13.4. The third kappa shape index (κ3) is 4.11. The van der Waals surface area contributed by atoms with Gasteiger partial charge in [-0.15, -0.1) is 22.7 Å². The number of nitrogen functional groups attached to an aromatic ring is 1. The molecule has 6 aromatic rings. The minimum Gasteiger partial charge on any atom is -0.383 e. The van der Waals surface area contributed by atoms with Crippen LogP contribution in [-0.4, -0.2) is 11.0 Å². The number of rotatable bonds is 5. The molecule has 8 heteroatoms. The number of thiophene rings is 2. The van der Waals surface area contributed by atoms with Crippen molar-refractivity contribution in [3.05, 3.63) is 96.0 Å². The Labute approximate surface area is 221 Å². The lowest BCUT2D eigenvalue weighted by molar-refractivity contribution is 0.256. The van der Waals surface area contributed by atoms with Crippen LogP contribution < -0.4 is 22.1 Å². The number of primary amides is 1. The number of hydrogen-bond donors (Lipinski definition) is 3. The van der Waals surface area contributed by atoms with Crippen LogP contribution in [0, 0.1) is 0 Å². The van der Waals surface area contributed by atoms with Gasteiger partial charge in [0, 0.05) is 43.5 Å². The third-order valence-electron chi connectivity index (χ3n) is 6.38. The zero-order valence-electron chi connectivity index (χ0n) is 19.7. The first-order valence-electron chi connectivity index (χ1n) is 11.7. The summed E-state index contributed by atoms with van der Waals surface area (Å²) >= 11 is 3.41. The topological polar surface area (TPSA) is 111 Å². The lowest BCUT2D eigenvalue weighted by Gasteiger charge is -2.21. The molecule has 0 aliphatic heterocycles. The highest BCUT2D eigenvalue weighted by molar-refractivity contribution is 7.23. The standard InChI is InChI=1S/C29H23N5OS2/c30-14-17-4-3-6-21(12-17)34(29(32)35)20-10-8-18(9-11-20)23-16-36-27-22(15-33-28(31)26(23)27)25-13-19-5-1-2-7-24(19)37-25/h1-13,15-16H,14,30H2,(H2,31,33)(H2,32,35). The van der Waals surface area contributed by atoms with Crippen molar-refractivity contribution >= 4 is 66.1 Å². The van der Waals surface area contributed by atoms with Gasteiger partial charge < -0.3 is 17.2 Å². The summed E-state index contributed by atoms with van der Waals surface area (Å²) in [7, 11) is 0. The van der Waals surface area contributed by atoms with Crippen LogP contribution in [0.5, 0.6) is 0 Å². The van der Waals surface area contributed by atoms with Crippen LogP contribution in [0.3, 0.4) is 0 Å². The lowest BCUT2D eigenvalue weighted by Crippen LogP contribution is -2.31. The van der Waals surface area contributed by atoms with E-state index in [9.17, 15) is 4.79 Å². The summed E-state index contributed by atoms with van der Waals surface area (Å²) < 4.78 is 2.35. The molecule has 0 saturated carbocycles. The summed E-state index contributed by atoms with van der Waals surface area (Å²) in [6.45, 7) is 0.379. The van der Waals surface area contributed by atoms with Crippen molar-refractivity contribution in [2.75, 3.05) is 10.6 Å². The van der Waals surface area contributed by atoms with E-state index in [0.717, 1.165) is 32.3 Å². The van der Waals surface area contributed by atoms with Gasteiger partial charge in [-0.05, 0) is 58.3 Å². The number of pyridine rings is 1. The molecule has 0 saturated heterocycles. The lowest BCUT2D eigenvalue weighted by atomic mass is 10.0. The number of amides is 2. The fraction of sp³-hybridized carbons (Fsp3) is 0.0345. The first kappa shape index (κ1) is 23.2. The summed E-state index contributed by atoms with van der Waals surface area (Å²) in [6.07, 6.45) is 1.87. The highest BCUT2D eigenvalue weighted by Crippen LogP contribution is 2.44. The number of nitrogens with two attached hydrogens (primary N) is 3. The van der Waals surface area contributed by atoms with Gasteiger partial charge in [-0.25, -0.2) is 9.78 Å². The van der Waals surface area contributed by atoms with E-state index in [1.807, 2.05) is 54.7 Å². The second kappa shape index (κ2) is 9.33. The minimum atomic E-state index is -0.565. The summed E-state index contributed by atoms with van der Waals surface area (Å²) in [5.74, 6) is 0.498. The van der Waals surface area contributed by atoms with Gasteiger partial charge in [0.05, 0.1) is 11.4 Å². The summed E-state index contributed by atoms with van der Waals surface area (Å²) in [4.78, 5) is 19.6. The molecule has 0 aliphatic carbocycles. The molecule has 0 fully saturated rings. The maximum atomic E-state index is 12.4. The predicted octanol–water partition coefficient (Wildman–Crippen LogP) is 7.10. The van der Waals surface area contributed by atoms with Crippen molar-refractivity contribution in [3.63, 3.8) is 0 Å². The normalized spacial score (nSPS) is 11.3. The van der Waals surface area contributed by atoms with Gasteiger partial charge in [-0.2, -0.15) is 0 Å². The van der Waals surface area contributed by atoms with E-state index in [-0.39, 0.29) is 0 Å². The van der Waals surface area contributed by atoms with E-state index in [2.05, 4.69) is 40.7 Å². The molecule has 6 nitrogen and oxygen atoms in total. The Bertz CT molecular complexity index is 1740. The largest absolute Gasteiger partial charge is 0.383 e. The smallest absolute Gasteiger partial charge is 0.323 e. The molecule has 37 heavy (non-hydrogen) atoms. The fourth-order valence-corrected chi connectivity index (χ4v) is 6.84. The van der Waals surface area contributed by atoms with Crippen molar-refractivity contribution in [2.24, 2.45) is 11.5 Å². The Morgan fingerprint density at radius 2 is 1.73 bits per heavy atom. The van der Waals surface area contributed by atoms with Crippen LogP contribution in [-0.2, 0) is 6.54 Å². The van der Waals surface area contributed by atoms with Gasteiger partial charge in [-0.3, -0.25) is 4.90 Å². The van der Waals surface area contributed by atoms with Crippen LogP contribution in [0.4, 0.5) is 22.0 Å². The highest BCUT2D eigenvalue weighted by atomic mass is 32.1. The third-order valence-corrected chi connectivity index (χ3v) is 8.54. The zero-order valence-corrected chi connectivity index (χ0v) is 21.4. The second-order valence-electron chi connectivity index (χ2n) is 8.65. The van der Waals surface area contributed by atoms with Crippen molar-refractivity contribution in [1.82, 2.24) is 4.98 Å². The van der Waals surface area contributed by atoms with E-state index in [1.54, 1.807) is 22.7 Å². The fourth-order valence-electron chi connectivity index (χ4n) is 4.59. The highest BCUT2D eigenvalue weighted by Gasteiger charge is 2.19. The van der Waals surface area contributed by atoms with Gasteiger partial charge in [0.1, 0.15) is 5.82 Å². The van der Waals surface area contributed by atoms with Crippen molar-refractivity contribution < 1.29 is 4.79 Å². The number of carbonyl (C=O) groups excluding carboxylic acids is 1. The predicted molar refractivity (Wildman–Crippen MR) is 156 cm³/mol. The molecule has 0 aliphatic rings. The molecule has 0 unspecified atom stereocenters. The molecule has 3 aromatic carbocycles. The van der Waals surface area contributed by atoms with Crippen LogP contribution in [0.2, 0.25) is 0 Å². The number of carbonyl (C=O) groups is 1. The molecular weight excluding hydrogens is 498 g/mol. The Morgan fingerprint density at radius 1 is 0.919 bits per heavy atom. The minimum absolute atomic E-state index is 0.379. The number of anilines is 3. The average Bonchev–Trinajstić information content (AvgIpc) is 3.55. The molecule has 6 N–H and O–H groups in total. The van der Waals surface area contributed by atoms with Crippen molar-refractivity contribution in [1.29, 1.82) is 0 Å². The zero-order chi connectivity index (χ0) is 25.5. The molecule has 3 heterocycles. The van der Waals surface area contributed by atoms with Gasteiger partial charge in [0.15, 0.2) is 0 Å². The van der Waals surface area contributed by atoms with Gasteiger partial charge >= 0.3 is 6.03 Å². The molecule has 0 bridgehead atoms. The Kier molecular flexibility index (Phi) is 5.84.